The summed E-state index contributed by atoms with van der Waals surface area (Å²) in [6.07, 6.45) is 3.08. The molecule has 1 aliphatic carbocycles. The Morgan fingerprint density at radius 2 is 2.23 bits per heavy atom. The molecule has 0 aromatic rings. The van der Waals surface area contributed by atoms with E-state index >= 15 is 0 Å². The molecule has 3 unspecified atom stereocenters. The van der Waals surface area contributed by atoms with Gasteiger partial charge < -0.3 is 10.1 Å². The van der Waals surface area contributed by atoms with Crippen LogP contribution in [0.3, 0.4) is 0 Å². The topological polar surface area (TPSA) is 21.3 Å². The van der Waals surface area contributed by atoms with Gasteiger partial charge in [0, 0.05) is 19.2 Å². The smallest absolute Gasteiger partial charge is 0.102 e. The van der Waals surface area contributed by atoms with Crippen LogP contribution < -0.4 is 5.32 Å². The summed E-state index contributed by atoms with van der Waals surface area (Å²) in [6.45, 7) is 2.80. The van der Waals surface area contributed by atoms with Gasteiger partial charge in [0.15, 0.2) is 0 Å². The van der Waals surface area contributed by atoms with Crippen LogP contribution in [0.2, 0.25) is 0 Å². The highest BCUT2D eigenvalue weighted by Crippen LogP contribution is 2.22. The van der Waals surface area contributed by atoms with Gasteiger partial charge >= 0.3 is 0 Å². The zero-order valence-corrected chi connectivity index (χ0v) is 7.97. The van der Waals surface area contributed by atoms with Gasteiger partial charge in [-0.2, -0.15) is 0 Å². The van der Waals surface area contributed by atoms with Crippen molar-refractivity contribution in [1.82, 2.24) is 5.32 Å². The highest BCUT2D eigenvalue weighted by Gasteiger charge is 2.25. The molecule has 0 aromatic heterocycles. The van der Waals surface area contributed by atoms with Crippen LogP contribution in [0.1, 0.15) is 25.7 Å². The van der Waals surface area contributed by atoms with Gasteiger partial charge in [-0.25, -0.2) is 4.39 Å². The lowest BCUT2D eigenvalue weighted by Gasteiger charge is -2.14. The van der Waals surface area contributed by atoms with E-state index in [0.29, 0.717) is 18.4 Å². The average Bonchev–Trinajstić information content (AvgIpc) is 2.71. The lowest BCUT2D eigenvalue weighted by Crippen LogP contribution is -2.31. The first-order valence-corrected chi connectivity index (χ1v) is 5.30. The molecule has 2 fully saturated rings. The third-order valence-corrected chi connectivity index (χ3v) is 3.09. The van der Waals surface area contributed by atoms with E-state index < -0.39 is 6.17 Å². The molecule has 0 aromatic carbocycles. The molecule has 2 nitrogen and oxygen atoms in total. The molecule has 0 amide bonds. The number of nitrogens with one attached hydrogen (secondary N) is 1. The number of hydrogen-bond donors (Lipinski definition) is 1. The molecular weight excluding hydrogens is 169 g/mol. The van der Waals surface area contributed by atoms with Gasteiger partial charge in [-0.3, -0.25) is 0 Å². The van der Waals surface area contributed by atoms with Crippen molar-refractivity contribution in [3.63, 3.8) is 0 Å². The maximum Gasteiger partial charge on any atom is 0.102 e. The van der Waals surface area contributed by atoms with E-state index in [4.69, 9.17) is 4.74 Å². The van der Waals surface area contributed by atoms with Crippen LogP contribution in [0.4, 0.5) is 4.39 Å². The van der Waals surface area contributed by atoms with E-state index in [0.717, 1.165) is 32.6 Å². The molecule has 76 valence electrons. The van der Waals surface area contributed by atoms with Gasteiger partial charge in [0.2, 0.25) is 0 Å². The lowest BCUT2D eigenvalue weighted by molar-refractivity contribution is 0.184. The largest absolute Gasteiger partial charge is 0.381 e. The monoisotopic (exact) mass is 187 g/mol. The van der Waals surface area contributed by atoms with Crippen molar-refractivity contribution in [3.05, 3.63) is 0 Å². The Morgan fingerprint density at radius 1 is 1.31 bits per heavy atom. The summed E-state index contributed by atoms with van der Waals surface area (Å²) < 4.78 is 18.1. The Morgan fingerprint density at radius 3 is 2.85 bits per heavy atom. The van der Waals surface area contributed by atoms with Crippen molar-refractivity contribution < 1.29 is 9.13 Å². The van der Waals surface area contributed by atoms with Gasteiger partial charge in [0.25, 0.3) is 0 Å². The van der Waals surface area contributed by atoms with Gasteiger partial charge in [0.1, 0.15) is 6.17 Å². The highest BCUT2D eigenvalue weighted by atomic mass is 19.1. The summed E-state index contributed by atoms with van der Waals surface area (Å²) in [5.74, 6) is 0.665. The van der Waals surface area contributed by atoms with Crippen molar-refractivity contribution in [3.8, 4) is 0 Å². The summed E-state index contributed by atoms with van der Waals surface area (Å²) in [5.41, 5.74) is 0. The minimum absolute atomic E-state index is 0.426. The van der Waals surface area contributed by atoms with Crippen LogP contribution in [-0.2, 0) is 4.74 Å². The molecule has 0 bridgehead atoms. The lowest BCUT2D eigenvalue weighted by atomic mass is 10.1. The number of ether oxygens (including phenoxy) is 1. The SMILES string of the molecule is FC1CCC(NCC2CCOC2)C1. The fraction of sp³-hybridized carbons (Fsp3) is 1.00. The summed E-state index contributed by atoms with van der Waals surface area (Å²) >= 11 is 0. The second-order valence-electron chi connectivity index (χ2n) is 4.25. The Bertz CT molecular complexity index is 159. The Hall–Kier alpha value is -0.150. The molecule has 1 saturated carbocycles. The van der Waals surface area contributed by atoms with Crippen LogP contribution in [0.25, 0.3) is 0 Å². The number of halogens is 1. The van der Waals surface area contributed by atoms with Crippen LogP contribution in [-0.4, -0.2) is 32.0 Å². The van der Waals surface area contributed by atoms with Crippen molar-refractivity contribution >= 4 is 0 Å². The number of alkyl halides is 1. The number of hydrogen-bond acceptors (Lipinski definition) is 2. The second-order valence-corrected chi connectivity index (χ2v) is 4.25. The van der Waals surface area contributed by atoms with Crippen LogP contribution in [0.5, 0.6) is 0 Å². The van der Waals surface area contributed by atoms with Crippen molar-refractivity contribution in [2.75, 3.05) is 19.8 Å². The molecule has 0 radical (unpaired) electrons. The van der Waals surface area contributed by atoms with E-state index in [-0.39, 0.29) is 0 Å². The zero-order valence-electron chi connectivity index (χ0n) is 7.97. The van der Waals surface area contributed by atoms with Crippen molar-refractivity contribution in [2.24, 2.45) is 5.92 Å². The predicted octanol–water partition coefficient (Wildman–Crippen LogP) is 1.50. The standard InChI is InChI=1S/C10H18FNO/c11-9-1-2-10(5-9)12-6-8-3-4-13-7-8/h8-10,12H,1-7H2. The van der Waals surface area contributed by atoms with E-state index in [1.165, 1.54) is 6.42 Å². The molecular formula is C10H18FNO. The first-order valence-electron chi connectivity index (χ1n) is 5.30. The van der Waals surface area contributed by atoms with Crippen LogP contribution >= 0.6 is 0 Å². The third kappa shape index (κ3) is 2.64. The molecule has 1 N–H and O–H groups in total. The first kappa shape index (κ1) is 9.41. The maximum atomic E-state index is 12.8. The summed E-state index contributed by atoms with van der Waals surface area (Å²) in [6, 6.07) is 0.426. The molecule has 2 aliphatic rings. The van der Waals surface area contributed by atoms with Crippen LogP contribution in [0, 0.1) is 5.92 Å². The fourth-order valence-electron chi connectivity index (χ4n) is 2.19. The minimum atomic E-state index is -0.558. The normalized spacial score (nSPS) is 39.9. The summed E-state index contributed by atoms with van der Waals surface area (Å²) in [7, 11) is 0. The minimum Gasteiger partial charge on any atom is -0.381 e. The van der Waals surface area contributed by atoms with E-state index in [1.54, 1.807) is 0 Å². The highest BCUT2D eigenvalue weighted by molar-refractivity contribution is 4.81. The Labute approximate surface area is 78.8 Å². The summed E-state index contributed by atoms with van der Waals surface area (Å²) in [4.78, 5) is 0. The van der Waals surface area contributed by atoms with Crippen LogP contribution in [0.15, 0.2) is 0 Å². The van der Waals surface area contributed by atoms with Gasteiger partial charge in [-0.15, -0.1) is 0 Å². The third-order valence-electron chi connectivity index (χ3n) is 3.09. The molecule has 3 atom stereocenters. The van der Waals surface area contributed by atoms with Gasteiger partial charge in [0.05, 0.1) is 6.61 Å². The van der Waals surface area contributed by atoms with Gasteiger partial charge in [-0.1, -0.05) is 0 Å². The second kappa shape index (κ2) is 4.38. The molecule has 1 heterocycles. The summed E-state index contributed by atoms with van der Waals surface area (Å²) in [5, 5.41) is 3.43. The van der Waals surface area contributed by atoms with Gasteiger partial charge in [-0.05, 0) is 31.6 Å². The zero-order chi connectivity index (χ0) is 9.10. The molecule has 13 heavy (non-hydrogen) atoms. The molecule has 2 rings (SSSR count). The Balaban J connectivity index is 1.62. The fourth-order valence-corrected chi connectivity index (χ4v) is 2.19. The maximum absolute atomic E-state index is 12.8. The molecule has 3 heteroatoms. The number of rotatable bonds is 3. The van der Waals surface area contributed by atoms with E-state index in [2.05, 4.69) is 5.32 Å². The van der Waals surface area contributed by atoms with Crippen molar-refractivity contribution in [2.45, 2.75) is 37.9 Å². The Kier molecular flexibility index (Phi) is 3.17. The average molecular weight is 187 g/mol. The molecule has 1 aliphatic heterocycles. The molecule has 0 spiro atoms. The van der Waals surface area contributed by atoms with E-state index in [1.807, 2.05) is 0 Å². The predicted molar refractivity (Wildman–Crippen MR) is 49.5 cm³/mol. The molecule has 1 saturated heterocycles. The quantitative estimate of drug-likeness (QED) is 0.723. The van der Waals surface area contributed by atoms with Crippen molar-refractivity contribution in [1.29, 1.82) is 0 Å². The first-order chi connectivity index (χ1) is 6.34. The van der Waals surface area contributed by atoms with E-state index in [9.17, 15) is 4.39 Å².